The van der Waals surface area contributed by atoms with Gasteiger partial charge in [-0.25, -0.2) is 4.79 Å². The van der Waals surface area contributed by atoms with Crippen molar-refractivity contribution >= 4 is 12.0 Å². The smallest absolute Gasteiger partial charge is 0.371 e. The summed E-state index contributed by atoms with van der Waals surface area (Å²) in [7, 11) is 0. The first-order valence-corrected chi connectivity index (χ1v) is 6.72. The van der Waals surface area contributed by atoms with Gasteiger partial charge in [0.1, 0.15) is 5.69 Å². The van der Waals surface area contributed by atoms with E-state index in [9.17, 15) is 4.79 Å². The van der Waals surface area contributed by atoms with Crippen LogP contribution in [-0.2, 0) is 29.1 Å². The zero-order chi connectivity index (χ0) is 14.7. The molecular weight excluding hydrogens is 268 g/mol. The fourth-order valence-corrected chi connectivity index (χ4v) is 2.23. The van der Waals surface area contributed by atoms with Crippen LogP contribution in [0.5, 0.6) is 0 Å². The van der Waals surface area contributed by atoms with Crippen molar-refractivity contribution in [1.29, 1.82) is 0 Å². The maximum Gasteiger partial charge on any atom is 0.371 e. The highest BCUT2D eigenvalue weighted by molar-refractivity contribution is 5.89. The molecule has 0 unspecified atom stereocenters. The number of aliphatic carboxylic acids is 1. The predicted octanol–water partition coefficient (Wildman–Crippen LogP) is 1.57. The fourth-order valence-electron chi connectivity index (χ4n) is 2.23. The molecule has 0 saturated heterocycles. The molecule has 1 aromatic heterocycles. The molecule has 0 fully saturated rings. The average Bonchev–Trinajstić information content (AvgIpc) is 2.53. The van der Waals surface area contributed by atoms with Gasteiger partial charge in [0.2, 0.25) is 12.5 Å². The molecule has 0 saturated carbocycles. The Kier molecular flexibility index (Phi) is 3.64. The Labute approximate surface area is 122 Å². The molecule has 2 aromatic rings. The van der Waals surface area contributed by atoms with Crippen LogP contribution in [0.2, 0.25) is 0 Å². The van der Waals surface area contributed by atoms with Crippen LogP contribution in [-0.4, -0.2) is 16.1 Å². The van der Waals surface area contributed by atoms with Gasteiger partial charge >= 0.3 is 5.97 Å². The normalized spacial score (nSPS) is 13.0. The molecule has 1 aromatic carbocycles. The maximum absolute atomic E-state index is 10.9. The fraction of sp³-hybridized carbons (Fsp3) is 0.188. The van der Waals surface area contributed by atoms with Gasteiger partial charge < -0.3 is 9.84 Å². The maximum atomic E-state index is 10.9. The van der Waals surface area contributed by atoms with E-state index >= 15 is 0 Å². The number of benzene rings is 1. The first-order valence-electron chi connectivity index (χ1n) is 6.72. The number of ether oxygens (including phenoxy) is 1. The first-order chi connectivity index (χ1) is 10.2. The molecular formula is C16H15N2O3+. The Morgan fingerprint density at radius 3 is 2.86 bits per heavy atom. The van der Waals surface area contributed by atoms with E-state index in [0.29, 0.717) is 0 Å². The number of carbonyl (C=O) groups is 1. The zero-order valence-electron chi connectivity index (χ0n) is 11.4. The van der Waals surface area contributed by atoms with Gasteiger partial charge in [-0.3, -0.25) is 0 Å². The van der Waals surface area contributed by atoms with Crippen LogP contribution in [0.15, 0.2) is 48.5 Å². The molecule has 0 bridgehead atoms. The summed E-state index contributed by atoms with van der Waals surface area (Å²) in [4.78, 5) is 15.3. The van der Waals surface area contributed by atoms with Crippen molar-refractivity contribution in [2.24, 2.45) is 0 Å². The van der Waals surface area contributed by atoms with E-state index in [-0.39, 0.29) is 12.5 Å². The van der Waals surface area contributed by atoms with Crippen molar-refractivity contribution in [3.8, 4) is 0 Å². The number of hydrogen-bond donors (Lipinski definition) is 1. The SMILES string of the molecule is O=C(O)C1=Cc2cc(CCc3ccccc3)nc[n+]2CO1. The number of aromatic nitrogens is 2. The number of fused-ring (bicyclic) bond motifs is 1. The van der Waals surface area contributed by atoms with Gasteiger partial charge in [0.25, 0.3) is 6.33 Å². The van der Waals surface area contributed by atoms with Crippen molar-refractivity contribution in [1.82, 2.24) is 4.98 Å². The van der Waals surface area contributed by atoms with Crippen molar-refractivity contribution in [3.63, 3.8) is 0 Å². The minimum Gasteiger partial charge on any atom is -0.475 e. The van der Waals surface area contributed by atoms with Crippen molar-refractivity contribution in [2.45, 2.75) is 19.6 Å². The van der Waals surface area contributed by atoms with Gasteiger partial charge in [-0.1, -0.05) is 35.3 Å². The second-order valence-corrected chi connectivity index (χ2v) is 4.85. The third-order valence-corrected chi connectivity index (χ3v) is 3.37. The standard InChI is InChI=1S/C16H14N2O3/c19-16(20)15-9-14-8-13(17-10-18(14)11-21-15)7-6-12-4-2-1-3-5-12/h1-5,8-10H,6-7,11H2/p+1. The van der Waals surface area contributed by atoms with Crippen LogP contribution in [0.25, 0.3) is 6.08 Å². The van der Waals surface area contributed by atoms with Gasteiger partial charge in [-0.2, -0.15) is 4.57 Å². The van der Waals surface area contributed by atoms with Gasteiger partial charge in [-0.05, 0) is 12.0 Å². The molecule has 0 amide bonds. The van der Waals surface area contributed by atoms with Crippen molar-refractivity contribution < 1.29 is 19.2 Å². The van der Waals surface area contributed by atoms with Gasteiger partial charge in [0.05, 0.1) is 0 Å². The minimum atomic E-state index is -1.05. The monoisotopic (exact) mass is 283 g/mol. The number of aryl methyl sites for hydroxylation is 2. The first kappa shape index (κ1) is 13.3. The Bertz CT molecular complexity index is 696. The Hall–Kier alpha value is -2.69. The molecule has 1 N–H and O–H groups in total. The van der Waals surface area contributed by atoms with Gasteiger partial charge in [0.15, 0.2) is 5.69 Å². The Morgan fingerprint density at radius 2 is 2.10 bits per heavy atom. The van der Waals surface area contributed by atoms with Crippen LogP contribution in [0.3, 0.4) is 0 Å². The number of hydrogen-bond acceptors (Lipinski definition) is 3. The zero-order valence-corrected chi connectivity index (χ0v) is 11.4. The van der Waals surface area contributed by atoms with Crippen LogP contribution in [0.1, 0.15) is 17.0 Å². The Morgan fingerprint density at radius 1 is 1.29 bits per heavy atom. The number of carboxylic acid groups (broad SMARTS) is 1. The molecule has 1 aliphatic rings. The lowest BCUT2D eigenvalue weighted by Gasteiger charge is -2.12. The molecule has 5 heteroatoms. The van der Waals surface area contributed by atoms with E-state index in [1.54, 1.807) is 10.9 Å². The van der Waals surface area contributed by atoms with Gasteiger partial charge in [-0.15, -0.1) is 0 Å². The Balaban J connectivity index is 1.77. The number of nitrogens with zero attached hydrogens (tertiary/aromatic N) is 2. The second-order valence-electron chi connectivity index (χ2n) is 4.85. The lowest BCUT2D eigenvalue weighted by molar-refractivity contribution is -0.736. The molecule has 2 heterocycles. The van der Waals surface area contributed by atoms with Crippen LogP contribution in [0, 0.1) is 0 Å². The largest absolute Gasteiger partial charge is 0.475 e. The van der Waals surface area contributed by atoms with E-state index in [2.05, 4.69) is 17.1 Å². The van der Waals surface area contributed by atoms with Crippen LogP contribution >= 0.6 is 0 Å². The average molecular weight is 283 g/mol. The van der Waals surface area contributed by atoms with Crippen LogP contribution in [0.4, 0.5) is 0 Å². The van der Waals surface area contributed by atoms with E-state index in [1.165, 1.54) is 11.6 Å². The molecule has 21 heavy (non-hydrogen) atoms. The van der Waals surface area contributed by atoms with E-state index < -0.39 is 5.97 Å². The molecule has 0 atom stereocenters. The third-order valence-electron chi connectivity index (χ3n) is 3.37. The lowest BCUT2D eigenvalue weighted by Crippen LogP contribution is -2.41. The summed E-state index contributed by atoms with van der Waals surface area (Å²) in [6.45, 7) is 0.180. The molecule has 0 radical (unpaired) electrons. The highest BCUT2D eigenvalue weighted by Crippen LogP contribution is 2.12. The summed E-state index contributed by atoms with van der Waals surface area (Å²) in [5.41, 5.74) is 3.00. The number of rotatable bonds is 4. The molecule has 106 valence electrons. The predicted molar refractivity (Wildman–Crippen MR) is 75.0 cm³/mol. The lowest BCUT2D eigenvalue weighted by atomic mass is 10.1. The molecule has 5 nitrogen and oxygen atoms in total. The molecule has 3 rings (SSSR count). The number of carboxylic acids is 1. The van der Waals surface area contributed by atoms with Crippen molar-refractivity contribution in [3.05, 3.63) is 65.4 Å². The molecule has 1 aliphatic heterocycles. The second kappa shape index (κ2) is 5.75. The van der Waals surface area contributed by atoms with Gasteiger partial charge in [0, 0.05) is 18.6 Å². The summed E-state index contributed by atoms with van der Waals surface area (Å²) < 4.78 is 6.90. The highest BCUT2D eigenvalue weighted by Gasteiger charge is 2.20. The summed E-state index contributed by atoms with van der Waals surface area (Å²) in [6.07, 6.45) is 4.93. The summed E-state index contributed by atoms with van der Waals surface area (Å²) in [5, 5.41) is 8.97. The third kappa shape index (κ3) is 3.08. The van der Waals surface area contributed by atoms with Crippen molar-refractivity contribution in [2.75, 3.05) is 0 Å². The van der Waals surface area contributed by atoms with E-state index in [1.807, 2.05) is 24.3 Å². The van der Waals surface area contributed by atoms with E-state index in [4.69, 9.17) is 9.84 Å². The minimum absolute atomic E-state index is 0.0322. The van der Waals surface area contributed by atoms with Crippen LogP contribution < -0.4 is 4.57 Å². The summed E-state index contributed by atoms with van der Waals surface area (Å²) in [6, 6.07) is 12.1. The summed E-state index contributed by atoms with van der Waals surface area (Å²) >= 11 is 0. The van der Waals surface area contributed by atoms with E-state index in [0.717, 1.165) is 24.2 Å². The summed E-state index contributed by atoms with van der Waals surface area (Å²) in [5.74, 6) is -1.08. The molecule has 0 spiro atoms. The highest BCUT2D eigenvalue weighted by atomic mass is 16.5. The quantitative estimate of drug-likeness (QED) is 0.865. The topological polar surface area (TPSA) is 63.3 Å². The molecule has 0 aliphatic carbocycles.